The molecule has 0 aliphatic heterocycles. The van der Waals surface area contributed by atoms with E-state index < -0.39 is 17.9 Å². The highest BCUT2D eigenvalue weighted by Crippen LogP contribution is 2.19. The van der Waals surface area contributed by atoms with Crippen LogP contribution in [-0.4, -0.2) is 34.7 Å². The van der Waals surface area contributed by atoms with Crippen LogP contribution in [0.25, 0.3) is 0 Å². The first kappa shape index (κ1) is 14.8. The van der Waals surface area contributed by atoms with Gasteiger partial charge in [0, 0.05) is 28.6 Å². The predicted molar refractivity (Wildman–Crippen MR) is 67.1 cm³/mol. The van der Waals surface area contributed by atoms with Crippen LogP contribution in [-0.2, 0) is 4.79 Å². The first-order chi connectivity index (χ1) is 8.43. The summed E-state index contributed by atoms with van der Waals surface area (Å²) >= 11 is 11.5. The monoisotopic (exact) mass is 291 g/mol. The maximum Gasteiger partial charge on any atom is 0.326 e. The van der Waals surface area contributed by atoms with Crippen molar-refractivity contribution < 1.29 is 19.8 Å². The van der Waals surface area contributed by atoms with Gasteiger partial charge in [-0.3, -0.25) is 4.79 Å². The quantitative estimate of drug-likeness (QED) is 0.768. The lowest BCUT2D eigenvalue weighted by Crippen LogP contribution is -2.41. The number of hydrogen-bond acceptors (Lipinski definition) is 3. The second-order valence-electron chi connectivity index (χ2n) is 3.53. The van der Waals surface area contributed by atoms with Crippen LogP contribution in [0.3, 0.4) is 0 Å². The molecule has 0 bridgehead atoms. The highest BCUT2D eigenvalue weighted by Gasteiger charge is 2.20. The number of carboxylic acids is 1. The number of aliphatic hydroxyl groups is 1. The van der Waals surface area contributed by atoms with Crippen LogP contribution in [0.4, 0.5) is 0 Å². The fourth-order valence-electron chi connectivity index (χ4n) is 1.31. The molecule has 98 valence electrons. The molecule has 18 heavy (non-hydrogen) atoms. The van der Waals surface area contributed by atoms with Gasteiger partial charge in [0.25, 0.3) is 5.91 Å². The van der Waals surface area contributed by atoms with Crippen LogP contribution in [0.1, 0.15) is 16.8 Å². The van der Waals surface area contributed by atoms with Crippen molar-refractivity contribution in [1.29, 1.82) is 0 Å². The third-order valence-corrected chi connectivity index (χ3v) is 2.58. The second-order valence-corrected chi connectivity index (χ2v) is 4.41. The zero-order valence-electron chi connectivity index (χ0n) is 9.19. The topological polar surface area (TPSA) is 86.6 Å². The van der Waals surface area contributed by atoms with Crippen molar-refractivity contribution in [1.82, 2.24) is 5.32 Å². The molecule has 1 aromatic rings. The van der Waals surface area contributed by atoms with E-state index in [4.69, 9.17) is 33.4 Å². The summed E-state index contributed by atoms with van der Waals surface area (Å²) in [5.41, 5.74) is 0.164. The summed E-state index contributed by atoms with van der Waals surface area (Å²) < 4.78 is 0. The minimum Gasteiger partial charge on any atom is -0.480 e. The molecule has 1 amide bonds. The van der Waals surface area contributed by atoms with Crippen LogP contribution in [0, 0.1) is 0 Å². The highest BCUT2D eigenvalue weighted by molar-refractivity contribution is 6.35. The van der Waals surface area contributed by atoms with Crippen LogP contribution >= 0.6 is 23.2 Å². The number of nitrogens with one attached hydrogen (secondary N) is 1. The standard InChI is InChI=1S/C11H11Cl2NO4/c12-7-3-6(4-8(13)5-7)10(16)14-9(1-2-15)11(17)18/h3-5,9,15H,1-2H2,(H,14,16)(H,17,18)/t9-/m0/s1. The fraction of sp³-hybridized carbons (Fsp3) is 0.273. The van der Waals surface area contributed by atoms with Gasteiger partial charge in [-0.2, -0.15) is 0 Å². The Kier molecular flexibility index (Phi) is 5.40. The number of hydrogen-bond donors (Lipinski definition) is 3. The van der Waals surface area contributed by atoms with Crippen molar-refractivity contribution in [3.63, 3.8) is 0 Å². The fourth-order valence-corrected chi connectivity index (χ4v) is 1.84. The lowest BCUT2D eigenvalue weighted by Gasteiger charge is -2.13. The molecular weight excluding hydrogens is 281 g/mol. The number of carbonyl (C=O) groups excluding carboxylic acids is 1. The molecule has 0 saturated carbocycles. The smallest absolute Gasteiger partial charge is 0.326 e. The molecule has 1 aromatic carbocycles. The average molecular weight is 292 g/mol. The van der Waals surface area contributed by atoms with Crippen molar-refractivity contribution in [3.8, 4) is 0 Å². The van der Waals surface area contributed by atoms with Crippen molar-refractivity contribution in [3.05, 3.63) is 33.8 Å². The Morgan fingerprint density at radius 3 is 2.22 bits per heavy atom. The van der Waals surface area contributed by atoms with E-state index in [2.05, 4.69) is 5.32 Å². The summed E-state index contributed by atoms with van der Waals surface area (Å²) in [5.74, 6) is -1.83. The van der Waals surface area contributed by atoms with Crippen molar-refractivity contribution in [2.75, 3.05) is 6.61 Å². The molecule has 0 aliphatic carbocycles. The summed E-state index contributed by atoms with van der Waals surface area (Å²) in [6, 6.07) is 3.06. The molecular formula is C11H11Cl2NO4. The lowest BCUT2D eigenvalue weighted by atomic mass is 10.1. The van der Waals surface area contributed by atoms with Gasteiger partial charge in [0.15, 0.2) is 0 Å². The molecule has 3 N–H and O–H groups in total. The van der Waals surface area contributed by atoms with Gasteiger partial charge in [-0.1, -0.05) is 23.2 Å². The Bertz CT molecular complexity index is 444. The molecule has 0 spiro atoms. The molecule has 7 heteroatoms. The molecule has 0 fully saturated rings. The van der Waals surface area contributed by atoms with Crippen molar-refractivity contribution in [2.45, 2.75) is 12.5 Å². The van der Waals surface area contributed by atoms with Gasteiger partial charge in [-0.25, -0.2) is 4.79 Å². The number of aliphatic hydroxyl groups excluding tert-OH is 1. The summed E-state index contributed by atoms with van der Waals surface area (Å²) in [7, 11) is 0. The molecule has 0 saturated heterocycles. The number of aliphatic carboxylic acids is 1. The Morgan fingerprint density at radius 2 is 1.78 bits per heavy atom. The summed E-state index contributed by atoms with van der Waals surface area (Å²) in [5, 5.41) is 20.4. The third-order valence-electron chi connectivity index (χ3n) is 2.15. The number of carbonyl (C=O) groups is 2. The number of carboxylic acid groups (broad SMARTS) is 1. The van der Waals surface area contributed by atoms with Crippen LogP contribution in [0.15, 0.2) is 18.2 Å². The van der Waals surface area contributed by atoms with Gasteiger partial charge in [-0.05, 0) is 18.2 Å². The molecule has 0 heterocycles. The zero-order valence-corrected chi connectivity index (χ0v) is 10.7. The molecule has 0 unspecified atom stereocenters. The van der Waals surface area contributed by atoms with Gasteiger partial charge in [0.1, 0.15) is 6.04 Å². The SMILES string of the molecule is O=C(N[C@@H](CCO)C(=O)O)c1cc(Cl)cc(Cl)c1. The van der Waals surface area contributed by atoms with E-state index in [0.29, 0.717) is 0 Å². The average Bonchev–Trinajstić information content (AvgIpc) is 2.26. The lowest BCUT2D eigenvalue weighted by molar-refractivity contribution is -0.139. The molecule has 0 radical (unpaired) electrons. The summed E-state index contributed by atoms with van der Waals surface area (Å²) in [4.78, 5) is 22.6. The number of halogens is 2. The highest BCUT2D eigenvalue weighted by atomic mass is 35.5. The van der Waals surface area contributed by atoms with Gasteiger partial charge < -0.3 is 15.5 Å². The van der Waals surface area contributed by atoms with E-state index in [9.17, 15) is 9.59 Å². The molecule has 1 rings (SSSR count). The van der Waals surface area contributed by atoms with Gasteiger partial charge in [-0.15, -0.1) is 0 Å². The van der Waals surface area contributed by atoms with Crippen molar-refractivity contribution >= 4 is 35.1 Å². The Hall–Kier alpha value is -1.30. The summed E-state index contributed by atoms with van der Waals surface area (Å²) in [6.45, 7) is -0.340. The van der Waals surface area contributed by atoms with E-state index in [1.54, 1.807) is 0 Å². The molecule has 0 aliphatic rings. The van der Waals surface area contributed by atoms with Crippen LogP contribution in [0.2, 0.25) is 10.0 Å². The zero-order chi connectivity index (χ0) is 13.7. The van der Waals surface area contributed by atoms with E-state index in [1.807, 2.05) is 0 Å². The Balaban J connectivity index is 2.83. The normalized spacial score (nSPS) is 11.9. The minimum absolute atomic E-state index is 0.0740. The van der Waals surface area contributed by atoms with Gasteiger partial charge in [0.05, 0.1) is 0 Å². The predicted octanol–water partition coefficient (Wildman–Crippen LogP) is 1.56. The third kappa shape index (κ3) is 4.18. The van der Waals surface area contributed by atoms with E-state index >= 15 is 0 Å². The maximum atomic E-state index is 11.8. The first-order valence-electron chi connectivity index (χ1n) is 5.04. The van der Waals surface area contributed by atoms with E-state index in [1.165, 1.54) is 18.2 Å². The van der Waals surface area contributed by atoms with E-state index in [-0.39, 0.29) is 28.6 Å². The largest absolute Gasteiger partial charge is 0.480 e. The number of benzene rings is 1. The second kappa shape index (κ2) is 6.58. The van der Waals surface area contributed by atoms with Crippen molar-refractivity contribution in [2.24, 2.45) is 0 Å². The summed E-state index contributed by atoms with van der Waals surface area (Å²) in [6.07, 6.45) is -0.0740. The van der Waals surface area contributed by atoms with Gasteiger partial charge >= 0.3 is 5.97 Å². The van der Waals surface area contributed by atoms with Crippen LogP contribution < -0.4 is 5.32 Å². The molecule has 1 atom stereocenters. The number of rotatable bonds is 5. The molecule has 0 aromatic heterocycles. The number of amides is 1. The Labute approximate surface area is 113 Å². The molecule has 5 nitrogen and oxygen atoms in total. The Morgan fingerprint density at radius 1 is 1.22 bits per heavy atom. The first-order valence-corrected chi connectivity index (χ1v) is 5.80. The van der Waals surface area contributed by atoms with E-state index in [0.717, 1.165) is 0 Å². The minimum atomic E-state index is -1.22. The maximum absolute atomic E-state index is 11.8. The van der Waals surface area contributed by atoms with Crippen LogP contribution in [0.5, 0.6) is 0 Å². The van der Waals surface area contributed by atoms with Gasteiger partial charge in [0.2, 0.25) is 0 Å².